The zero-order valence-electron chi connectivity index (χ0n) is 36.5. The molecule has 1 unspecified atom stereocenters. The van der Waals surface area contributed by atoms with Crippen LogP contribution in [0.2, 0.25) is 0 Å². The monoisotopic (exact) mass is 856 g/mol. The first-order valence-corrected chi connectivity index (χ1v) is 22.3. The van der Waals surface area contributed by atoms with Crippen LogP contribution in [0.15, 0.2) is 115 Å². The van der Waals surface area contributed by atoms with Crippen molar-refractivity contribution in [3.8, 4) is 17.6 Å². The van der Waals surface area contributed by atoms with Crippen molar-refractivity contribution in [3.63, 3.8) is 0 Å². The minimum atomic E-state index is -1.35. The molecule has 5 aromatic rings. The molecule has 0 heterocycles. The number of rotatable bonds is 23. The minimum Gasteiger partial charge on any atom is -0.497 e. The first-order chi connectivity index (χ1) is 30.1. The summed E-state index contributed by atoms with van der Waals surface area (Å²) in [4.78, 5) is 28.4. The second kappa shape index (κ2) is 22.0. The van der Waals surface area contributed by atoms with Gasteiger partial charge in [0.25, 0.3) is 8.53 Å². The van der Waals surface area contributed by atoms with Gasteiger partial charge in [0.15, 0.2) is 11.6 Å². The van der Waals surface area contributed by atoms with Crippen molar-refractivity contribution in [2.45, 2.75) is 64.6 Å². The van der Waals surface area contributed by atoms with Crippen LogP contribution in [0, 0.1) is 11.3 Å². The van der Waals surface area contributed by atoms with Gasteiger partial charge in [0, 0.05) is 47.7 Å². The second-order valence-corrected chi connectivity index (χ2v) is 16.9. The fraction of sp³-hybridized carbons (Fsp3) is 0.340. The lowest BCUT2D eigenvalue weighted by Crippen LogP contribution is -2.33. The number of hydrogen-bond acceptors (Lipinski definition) is 11. The van der Waals surface area contributed by atoms with E-state index in [0.29, 0.717) is 85.8 Å². The predicted octanol–water partition coefficient (Wildman–Crippen LogP) is 10.4. The van der Waals surface area contributed by atoms with Crippen molar-refractivity contribution < 1.29 is 32.8 Å². The Labute approximate surface area is 367 Å². The van der Waals surface area contributed by atoms with Crippen LogP contribution in [0.25, 0.3) is 0 Å². The Morgan fingerprint density at radius 3 is 1.55 bits per heavy atom. The molecule has 0 spiro atoms. The lowest BCUT2D eigenvalue weighted by atomic mass is 9.80. The van der Waals surface area contributed by atoms with E-state index in [2.05, 4.69) is 61.2 Å². The Hall–Kier alpha value is -5.60. The Morgan fingerprint density at radius 2 is 1.08 bits per heavy atom. The van der Waals surface area contributed by atoms with Gasteiger partial charge in [-0.1, -0.05) is 78.9 Å². The molecular weight excluding hydrogens is 800 g/mol. The van der Waals surface area contributed by atoms with Crippen molar-refractivity contribution in [2.24, 2.45) is 0 Å². The van der Waals surface area contributed by atoms with Gasteiger partial charge < -0.3 is 33.9 Å². The maximum absolute atomic E-state index is 14.2. The quantitative estimate of drug-likeness (QED) is 0.0363. The standard InChI is InChI=1S/C50H57N4O7P/c1-35(2)54(36(3)4)62(60-33-12-29-51)61-34-14-31-53-45-20-11-18-43-47(45)49(56)42-17-10-19-44(46(42)48(43)55)52-30-13-32-59-50(37-15-8-7-9-16-37,38-21-25-40(57-5)26-22-38)39-23-27-41(58-6)28-24-39/h7-11,15-28,35-36,52-53H,12-14,30-34H2,1-6H3. The number of nitrogens with one attached hydrogen (secondary N) is 2. The number of nitriles is 1. The summed E-state index contributed by atoms with van der Waals surface area (Å²) in [6.45, 7) is 10.5. The smallest absolute Gasteiger partial charge is 0.259 e. The SMILES string of the molecule is COc1ccc(C(OCCCNc2cccc3c2C(=O)c2cccc(NCCCOP(OCCC#N)N(C(C)C)C(C)C)c2C3=O)(c2ccccc2)c2ccc(OC)cc2)cc1. The van der Waals surface area contributed by atoms with Crippen LogP contribution in [-0.2, 0) is 19.4 Å². The molecule has 6 rings (SSSR count). The highest BCUT2D eigenvalue weighted by Gasteiger charge is 2.38. The number of carbonyl (C=O) groups excluding carboxylic acids is 2. The number of benzene rings is 5. The normalized spacial score (nSPS) is 12.8. The Kier molecular flexibility index (Phi) is 16.3. The summed E-state index contributed by atoms with van der Waals surface area (Å²) in [5.41, 5.74) is 4.59. The molecule has 12 heteroatoms. The number of methoxy groups -OCH3 is 2. The Morgan fingerprint density at radius 1 is 0.613 bits per heavy atom. The van der Waals surface area contributed by atoms with E-state index in [9.17, 15) is 9.59 Å². The molecular formula is C50H57N4O7P. The number of anilines is 2. The fourth-order valence-corrected chi connectivity index (χ4v) is 9.51. The van der Waals surface area contributed by atoms with Crippen LogP contribution in [0.4, 0.5) is 11.4 Å². The summed E-state index contributed by atoms with van der Waals surface area (Å²) in [6.07, 6.45) is 1.53. The molecule has 0 bridgehead atoms. The maximum Gasteiger partial charge on any atom is 0.259 e. The lowest BCUT2D eigenvalue weighted by Gasteiger charge is -2.36. The summed E-state index contributed by atoms with van der Waals surface area (Å²) < 4.78 is 32.4. The largest absolute Gasteiger partial charge is 0.497 e. The van der Waals surface area contributed by atoms with Crippen LogP contribution in [0.5, 0.6) is 11.5 Å². The van der Waals surface area contributed by atoms with Crippen LogP contribution < -0.4 is 20.1 Å². The summed E-state index contributed by atoms with van der Waals surface area (Å²) in [5.74, 6) is 1.09. The number of nitrogens with zero attached hydrogens (tertiary/aromatic N) is 2. The van der Waals surface area contributed by atoms with Gasteiger partial charge in [-0.25, -0.2) is 4.67 Å². The lowest BCUT2D eigenvalue weighted by molar-refractivity contribution is 0.0127. The van der Waals surface area contributed by atoms with E-state index in [1.165, 1.54) is 0 Å². The maximum atomic E-state index is 14.2. The van der Waals surface area contributed by atoms with Gasteiger partial charge in [0.05, 0.1) is 57.7 Å². The summed E-state index contributed by atoms with van der Waals surface area (Å²) in [7, 11) is 1.95. The molecule has 62 heavy (non-hydrogen) atoms. The highest BCUT2D eigenvalue weighted by molar-refractivity contribution is 7.44. The van der Waals surface area contributed by atoms with Gasteiger partial charge in [-0.15, -0.1) is 0 Å². The number of ether oxygens (including phenoxy) is 3. The first kappa shape index (κ1) is 45.9. The van der Waals surface area contributed by atoms with Crippen molar-refractivity contribution in [3.05, 3.63) is 154 Å². The average Bonchev–Trinajstić information content (AvgIpc) is 3.29. The van der Waals surface area contributed by atoms with E-state index in [4.69, 9.17) is 28.5 Å². The minimum absolute atomic E-state index is 0.202. The molecule has 2 N–H and O–H groups in total. The second-order valence-electron chi connectivity index (χ2n) is 15.4. The van der Waals surface area contributed by atoms with Gasteiger partial charge in [0.2, 0.25) is 0 Å². The average molecular weight is 857 g/mol. The number of fused-ring (bicyclic) bond motifs is 2. The zero-order chi connectivity index (χ0) is 44.1. The van der Waals surface area contributed by atoms with Crippen LogP contribution in [0.1, 0.15) is 95.5 Å². The Balaban J connectivity index is 1.13. The van der Waals surface area contributed by atoms with Crippen LogP contribution in [-0.4, -0.2) is 75.5 Å². The van der Waals surface area contributed by atoms with E-state index in [0.717, 1.165) is 28.2 Å². The van der Waals surface area contributed by atoms with Crippen LogP contribution in [0.3, 0.4) is 0 Å². The van der Waals surface area contributed by atoms with Crippen molar-refractivity contribution in [1.29, 1.82) is 5.26 Å². The molecule has 0 saturated carbocycles. The first-order valence-electron chi connectivity index (χ1n) is 21.2. The summed E-state index contributed by atoms with van der Waals surface area (Å²) in [6, 6.07) is 39.3. The summed E-state index contributed by atoms with van der Waals surface area (Å²) in [5, 5.41) is 15.9. The zero-order valence-corrected chi connectivity index (χ0v) is 37.4. The van der Waals surface area contributed by atoms with Gasteiger partial charge in [-0.2, -0.15) is 5.26 Å². The predicted molar refractivity (Wildman–Crippen MR) is 245 cm³/mol. The molecule has 11 nitrogen and oxygen atoms in total. The van der Waals surface area contributed by atoms with Crippen LogP contribution >= 0.6 is 8.53 Å². The fourth-order valence-electron chi connectivity index (χ4n) is 7.88. The van der Waals surface area contributed by atoms with Gasteiger partial charge >= 0.3 is 0 Å². The highest BCUT2D eigenvalue weighted by Crippen LogP contribution is 2.46. The number of carbonyl (C=O) groups is 2. The van der Waals surface area contributed by atoms with E-state index >= 15 is 0 Å². The Bertz CT molecular complexity index is 2240. The van der Waals surface area contributed by atoms with Crippen molar-refractivity contribution in [2.75, 3.05) is 57.8 Å². The molecule has 0 amide bonds. The molecule has 0 aliphatic heterocycles. The van der Waals surface area contributed by atoms with Gasteiger partial charge in [-0.3, -0.25) is 9.59 Å². The van der Waals surface area contributed by atoms with E-state index in [-0.39, 0.29) is 23.7 Å². The van der Waals surface area contributed by atoms with E-state index in [1.807, 2.05) is 84.9 Å². The molecule has 5 aromatic carbocycles. The molecule has 0 saturated heterocycles. The van der Waals surface area contributed by atoms with Crippen molar-refractivity contribution in [1.82, 2.24) is 4.67 Å². The molecule has 0 aromatic heterocycles. The molecule has 1 aliphatic carbocycles. The third-order valence-corrected chi connectivity index (χ3v) is 12.8. The van der Waals surface area contributed by atoms with Gasteiger partial charge in [0.1, 0.15) is 17.1 Å². The molecule has 1 aliphatic rings. The van der Waals surface area contributed by atoms with Crippen molar-refractivity contribution >= 4 is 31.5 Å². The third kappa shape index (κ3) is 10.4. The highest BCUT2D eigenvalue weighted by atomic mass is 31.2. The molecule has 1 atom stereocenters. The number of hydrogen-bond donors (Lipinski definition) is 2. The van der Waals surface area contributed by atoms with Gasteiger partial charge in [-0.05, 0) is 93.6 Å². The summed E-state index contributed by atoms with van der Waals surface area (Å²) >= 11 is 0. The topological polar surface area (TPSA) is 131 Å². The third-order valence-electron chi connectivity index (χ3n) is 10.7. The van der Waals surface area contributed by atoms with E-state index in [1.54, 1.807) is 32.4 Å². The number of ketones is 2. The molecule has 324 valence electrons. The molecule has 0 fully saturated rings. The van der Waals surface area contributed by atoms with E-state index < -0.39 is 14.1 Å². The molecule has 0 radical (unpaired) electrons.